The fourth-order valence-corrected chi connectivity index (χ4v) is 2.46. The summed E-state index contributed by atoms with van der Waals surface area (Å²) in [5.41, 5.74) is -0.835. The van der Waals surface area contributed by atoms with Gasteiger partial charge in [0.15, 0.2) is 0 Å². The van der Waals surface area contributed by atoms with E-state index in [1.807, 2.05) is 0 Å². The molecule has 0 spiro atoms. The van der Waals surface area contributed by atoms with Crippen molar-refractivity contribution in [3.05, 3.63) is 40.4 Å². The molecule has 0 radical (unpaired) electrons. The first kappa shape index (κ1) is 14.9. The molecule has 2 aromatic rings. The Balaban J connectivity index is 2.29. The molecule has 0 aliphatic rings. The van der Waals surface area contributed by atoms with E-state index in [1.54, 1.807) is 32.9 Å². The van der Waals surface area contributed by atoms with E-state index in [1.165, 1.54) is 6.07 Å². The number of halogens is 2. The molecule has 0 saturated heterocycles. The van der Waals surface area contributed by atoms with Gasteiger partial charge in [-0.1, -0.05) is 23.7 Å². The Morgan fingerprint density at radius 1 is 1.45 bits per heavy atom. The average molecular weight is 314 g/mol. The Hall–Kier alpha value is -1.53. The maximum absolute atomic E-state index is 14.1. The monoisotopic (exact) mass is 313 g/mol. The van der Waals surface area contributed by atoms with Gasteiger partial charge >= 0.3 is 0 Å². The van der Waals surface area contributed by atoms with E-state index < -0.39 is 11.2 Å². The van der Waals surface area contributed by atoms with Crippen LogP contribution in [0, 0.1) is 12.7 Å². The standard InChI is InChI=1S/C13H13ClFN3OS/c1-7-16-12(20-18-7)17-11(19)13(2,3)8-5-4-6-9(14)10(8)15/h4-6H,1-3H3,(H,16,17,18,19). The lowest BCUT2D eigenvalue weighted by molar-refractivity contribution is -0.120. The predicted octanol–water partition coefficient (Wildman–Crippen LogP) is 3.56. The van der Waals surface area contributed by atoms with Crippen LogP contribution in [0.2, 0.25) is 5.02 Å². The summed E-state index contributed by atoms with van der Waals surface area (Å²) in [5, 5.41) is 3.03. The van der Waals surface area contributed by atoms with Crippen LogP contribution in [0.3, 0.4) is 0 Å². The minimum absolute atomic E-state index is 0.00450. The molecular formula is C13H13ClFN3OS. The molecule has 1 N–H and O–H groups in total. The summed E-state index contributed by atoms with van der Waals surface area (Å²) in [7, 11) is 0. The van der Waals surface area contributed by atoms with Gasteiger partial charge in [0, 0.05) is 17.1 Å². The topological polar surface area (TPSA) is 54.9 Å². The van der Waals surface area contributed by atoms with Crippen molar-refractivity contribution in [3.8, 4) is 0 Å². The molecule has 1 aromatic carbocycles. The number of carbonyl (C=O) groups excluding carboxylic acids is 1. The van der Waals surface area contributed by atoms with E-state index in [9.17, 15) is 9.18 Å². The van der Waals surface area contributed by atoms with Gasteiger partial charge in [0.25, 0.3) is 0 Å². The fraction of sp³-hybridized carbons (Fsp3) is 0.308. The number of nitrogens with zero attached hydrogens (tertiary/aromatic N) is 2. The molecule has 2 rings (SSSR count). The largest absolute Gasteiger partial charge is 0.300 e. The molecule has 20 heavy (non-hydrogen) atoms. The van der Waals surface area contributed by atoms with Crippen molar-refractivity contribution in [1.82, 2.24) is 9.36 Å². The molecular weight excluding hydrogens is 301 g/mol. The molecule has 106 valence electrons. The number of carbonyl (C=O) groups is 1. The maximum atomic E-state index is 14.1. The van der Waals surface area contributed by atoms with Crippen molar-refractivity contribution in [1.29, 1.82) is 0 Å². The molecule has 0 atom stereocenters. The first-order chi connectivity index (χ1) is 9.32. The third kappa shape index (κ3) is 2.81. The Morgan fingerprint density at radius 3 is 2.75 bits per heavy atom. The van der Waals surface area contributed by atoms with Crippen LogP contribution in [0.1, 0.15) is 25.2 Å². The number of benzene rings is 1. The summed E-state index contributed by atoms with van der Waals surface area (Å²) >= 11 is 6.84. The third-order valence-electron chi connectivity index (χ3n) is 2.94. The van der Waals surface area contributed by atoms with E-state index in [0.717, 1.165) is 11.5 Å². The predicted molar refractivity (Wildman–Crippen MR) is 77.7 cm³/mol. The Bertz CT molecular complexity index is 657. The van der Waals surface area contributed by atoms with E-state index >= 15 is 0 Å². The highest BCUT2D eigenvalue weighted by molar-refractivity contribution is 7.09. The second kappa shape index (κ2) is 5.46. The lowest BCUT2D eigenvalue weighted by Crippen LogP contribution is -2.35. The lowest BCUT2D eigenvalue weighted by Gasteiger charge is -2.24. The lowest BCUT2D eigenvalue weighted by atomic mass is 9.83. The number of anilines is 1. The zero-order chi connectivity index (χ0) is 14.9. The molecule has 0 unspecified atom stereocenters. The minimum atomic E-state index is -1.07. The second-order valence-electron chi connectivity index (χ2n) is 4.83. The number of aromatic nitrogens is 2. The smallest absolute Gasteiger partial charge is 0.236 e. The van der Waals surface area contributed by atoms with Gasteiger partial charge in [-0.25, -0.2) is 9.37 Å². The van der Waals surface area contributed by atoms with Crippen LogP contribution in [0.4, 0.5) is 9.52 Å². The van der Waals surface area contributed by atoms with Crippen LogP contribution in [0.15, 0.2) is 18.2 Å². The number of nitrogens with one attached hydrogen (secondary N) is 1. The van der Waals surface area contributed by atoms with Gasteiger partial charge in [0.05, 0.1) is 10.4 Å². The van der Waals surface area contributed by atoms with E-state index in [2.05, 4.69) is 14.7 Å². The first-order valence-electron chi connectivity index (χ1n) is 5.88. The van der Waals surface area contributed by atoms with Crippen molar-refractivity contribution in [2.45, 2.75) is 26.2 Å². The van der Waals surface area contributed by atoms with Crippen molar-refractivity contribution in [2.24, 2.45) is 0 Å². The zero-order valence-corrected chi connectivity index (χ0v) is 12.8. The van der Waals surface area contributed by atoms with Crippen LogP contribution in [0.25, 0.3) is 0 Å². The normalized spacial score (nSPS) is 11.4. The fourth-order valence-electron chi connectivity index (χ4n) is 1.71. The second-order valence-corrected chi connectivity index (χ2v) is 5.99. The van der Waals surface area contributed by atoms with E-state index in [0.29, 0.717) is 11.0 Å². The van der Waals surface area contributed by atoms with Gasteiger partial charge < -0.3 is 0 Å². The van der Waals surface area contributed by atoms with Gasteiger partial charge in [-0.15, -0.1) is 0 Å². The highest BCUT2D eigenvalue weighted by atomic mass is 35.5. The molecule has 4 nitrogen and oxygen atoms in total. The summed E-state index contributed by atoms with van der Waals surface area (Å²) in [6.07, 6.45) is 0. The van der Waals surface area contributed by atoms with Gasteiger partial charge in [-0.3, -0.25) is 10.1 Å². The van der Waals surface area contributed by atoms with Gasteiger partial charge in [-0.05, 0) is 26.8 Å². The number of aryl methyl sites for hydroxylation is 1. The number of rotatable bonds is 3. The average Bonchev–Trinajstić information content (AvgIpc) is 2.78. The Kier molecular flexibility index (Phi) is 4.06. The van der Waals surface area contributed by atoms with Crippen molar-refractivity contribution >= 4 is 34.2 Å². The molecule has 0 aliphatic heterocycles. The maximum Gasteiger partial charge on any atom is 0.236 e. The summed E-state index contributed by atoms with van der Waals surface area (Å²) in [4.78, 5) is 16.4. The molecule has 7 heteroatoms. The van der Waals surface area contributed by atoms with E-state index in [4.69, 9.17) is 11.6 Å². The summed E-state index contributed by atoms with van der Waals surface area (Å²) in [6, 6.07) is 4.61. The summed E-state index contributed by atoms with van der Waals surface area (Å²) in [6.45, 7) is 4.99. The quantitative estimate of drug-likeness (QED) is 0.942. The highest BCUT2D eigenvalue weighted by Gasteiger charge is 2.33. The van der Waals surface area contributed by atoms with Crippen LogP contribution in [-0.4, -0.2) is 15.3 Å². The molecule has 1 aromatic heterocycles. The van der Waals surface area contributed by atoms with Crippen LogP contribution < -0.4 is 5.32 Å². The zero-order valence-electron chi connectivity index (χ0n) is 11.2. The van der Waals surface area contributed by atoms with Crippen LogP contribution in [0.5, 0.6) is 0 Å². The molecule has 0 aliphatic carbocycles. The van der Waals surface area contributed by atoms with Gasteiger partial charge in [0.1, 0.15) is 11.6 Å². The number of hydrogen-bond acceptors (Lipinski definition) is 4. The highest BCUT2D eigenvalue weighted by Crippen LogP contribution is 2.30. The summed E-state index contributed by atoms with van der Waals surface area (Å²) < 4.78 is 18.0. The molecule has 1 heterocycles. The van der Waals surface area contributed by atoms with Gasteiger partial charge in [0.2, 0.25) is 11.0 Å². The SMILES string of the molecule is Cc1nsc(NC(=O)C(C)(C)c2cccc(Cl)c2F)n1. The van der Waals surface area contributed by atoms with Crippen LogP contribution >= 0.6 is 23.1 Å². The molecule has 0 fully saturated rings. The van der Waals surface area contributed by atoms with Crippen molar-refractivity contribution < 1.29 is 9.18 Å². The van der Waals surface area contributed by atoms with Crippen molar-refractivity contribution in [2.75, 3.05) is 5.32 Å². The first-order valence-corrected chi connectivity index (χ1v) is 7.03. The molecule has 0 saturated carbocycles. The summed E-state index contributed by atoms with van der Waals surface area (Å²) in [5.74, 6) is -0.366. The minimum Gasteiger partial charge on any atom is -0.300 e. The third-order valence-corrected chi connectivity index (χ3v) is 3.95. The van der Waals surface area contributed by atoms with Gasteiger partial charge in [-0.2, -0.15) is 4.37 Å². The number of hydrogen-bond donors (Lipinski definition) is 1. The Morgan fingerprint density at radius 2 is 2.15 bits per heavy atom. The molecule has 1 amide bonds. The Labute approximate surface area is 125 Å². The van der Waals surface area contributed by atoms with Crippen molar-refractivity contribution in [3.63, 3.8) is 0 Å². The number of amides is 1. The van der Waals surface area contributed by atoms with Crippen LogP contribution in [-0.2, 0) is 10.2 Å². The van der Waals surface area contributed by atoms with E-state index in [-0.39, 0.29) is 16.5 Å². The molecule has 0 bridgehead atoms.